The first kappa shape index (κ1) is 23.1. The molecule has 0 bridgehead atoms. The van der Waals surface area contributed by atoms with Gasteiger partial charge in [-0.3, -0.25) is 0 Å². The summed E-state index contributed by atoms with van der Waals surface area (Å²) < 4.78 is 15.1. The molecule has 1 aromatic carbocycles. The van der Waals surface area contributed by atoms with Gasteiger partial charge in [0.05, 0.1) is 17.9 Å². The van der Waals surface area contributed by atoms with E-state index in [0.29, 0.717) is 24.1 Å². The van der Waals surface area contributed by atoms with Gasteiger partial charge in [0.25, 0.3) is 0 Å². The molecule has 5 heteroatoms. The third-order valence-corrected chi connectivity index (χ3v) is 6.07. The molecule has 0 fully saturated rings. The van der Waals surface area contributed by atoms with E-state index in [1.54, 1.807) is 12.1 Å². The van der Waals surface area contributed by atoms with Crippen LogP contribution < -0.4 is 15.5 Å². The number of aryl methyl sites for hydroxylation is 1. The first-order valence-corrected chi connectivity index (χ1v) is 11.8. The molecule has 0 spiro atoms. The van der Waals surface area contributed by atoms with E-state index in [-0.39, 0.29) is 5.82 Å². The maximum absolute atomic E-state index is 15.1. The van der Waals surface area contributed by atoms with Crippen LogP contribution in [0.3, 0.4) is 0 Å². The second kappa shape index (κ2) is 10.7. The highest BCUT2D eigenvalue weighted by Crippen LogP contribution is 2.41. The molecule has 0 aliphatic carbocycles. The summed E-state index contributed by atoms with van der Waals surface area (Å²) in [4.78, 5) is 8.92. The first-order valence-electron chi connectivity index (χ1n) is 11.8. The van der Waals surface area contributed by atoms with E-state index in [9.17, 15) is 0 Å². The summed E-state index contributed by atoms with van der Waals surface area (Å²) in [5, 5.41) is 0. The van der Waals surface area contributed by atoms with Gasteiger partial charge in [0, 0.05) is 23.9 Å². The Morgan fingerprint density at radius 2 is 1.97 bits per heavy atom. The van der Waals surface area contributed by atoms with E-state index < -0.39 is 0 Å². The highest BCUT2D eigenvalue weighted by molar-refractivity contribution is 5.72. The topological polar surface area (TPSA) is 45.4 Å². The monoisotopic (exact) mass is 424 g/mol. The fraction of sp³-hybridized carbons (Fsp3) is 0.500. The number of pyridine rings is 1. The van der Waals surface area contributed by atoms with Gasteiger partial charge in [0.15, 0.2) is 0 Å². The van der Waals surface area contributed by atoms with Gasteiger partial charge >= 0.3 is 0 Å². The minimum Gasteiger partial charge on any atom is -0.384 e. The number of hydrogen-bond donors (Lipinski definition) is 1. The minimum absolute atomic E-state index is 0.188. The lowest BCUT2D eigenvalue weighted by atomic mass is 9.98. The predicted molar refractivity (Wildman–Crippen MR) is 130 cm³/mol. The van der Waals surface area contributed by atoms with Crippen molar-refractivity contribution in [2.24, 2.45) is 0 Å². The Kier molecular flexibility index (Phi) is 7.94. The van der Waals surface area contributed by atoms with E-state index in [4.69, 9.17) is 5.73 Å². The number of nitrogens with two attached hydrogens (primary N) is 1. The lowest BCUT2D eigenvalue weighted by Crippen LogP contribution is -2.46. The molecule has 1 aromatic heterocycles. The molecule has 0 saturated heterocycles. The number of allylic oxidation sites excluding steroid dienone is 1. The Morgan fingerprint density at radius 1 is 1.16 bits per heavy atom. The van der Waals surface area contributed by atoms with Crippen molar-refractivity contribution in [3.63, 3.8) is 0 Å². The second-order valence-electron chi connectivity index (χ2n) is 8.51. The molecule has 2 heterocycles. The summed E-state index contributed by atoms with van der Waals surface area (Å²) in [6.45, 7) is 9.18. The highest BCUT2D eigenvalue weighted by Gasteiger charge is 2.34. The lowest BCUT2D eigenvalue weighted by molar-refractivity contribution is 0.492. The second-order valence-corrected chi connectivity index (χ2v) is 8.51. The first-order chi connectivity index (χ1) is 15.0. The van der Waals surface area contributed by atoms with Gasteiger partial charge in [-0.05, 0) is 43.9 Å². The molecule has 2 N–H and O–H groups in total. The fourth-order valence-electron chi connectivity index (χ4n) is 4.64. The van der Waals surface area contributed by atoms with Crippen LogP contribution in [0.5, 0.6) is 0 Å². The average Bonchev–Trinajstić information content (AvgIpc) is 2.74. The quantitative estimate of drug-likeness (QED) is 0.443. The number of rotatable bonds is 9. The number of unbranched alkanes of at least 4 members (excludes halogenated alkanes) is 2. The summed E-state index contributed by atoms with van der Waals surface area (Å²) in [6, 6.07) is 7.64. The van der Waals surface area contributed by atoms with Crippen LogP contribution >= 0.6 is 0 Å². The van der Waals surface area contributed by atoms with Crippen molar-refractivity contribution >= 4 is 17.2 Å². The van der Waals surface area contributed by atoms with Crippen molar-refractivity contribution in [1.82, 2.24) is 4.98 Å². The van der Waals surface area contributed by atoms with Crippen molar-refractivity contribution in [3.8, 4) is 0 Å². The van der Waals surface area contributed by atoms with Gasteiger partial charge in [-0.1, -0.05) is 58.6 Å². The SMILES string of the molecule is CCC=C1N(c2c(C)cccc2F)Cc2cnc(N)cc2N1C(CCC)CCCCC. The van der Waals surface area contributed by atoms with E-state index in [0.717, 1.165) is 48.3 Å². The molecular weight excluding hydrogens is 387 g/mol. The van der Waals surface area contributed by atoms with Crippen molar-refractivity contribution in [1.29, 1.82) is 0 Å². The summed E-state index contributed by atoms with van der Waals surface area (Å²) in [7, 11) is 0. The maximum atomic E-state index is 15.1. The van der Waals surface area contributed by atoms with Crippen LogP contribution in [-0.2, 0) is 6.54 Å². The highest BCUT2D eigenvalue weighted by atomic mass is 19.1. The number of hydrogen-bond acceptors (Lipinski definition) is 4. The molecular formula is C26H37FN4. The minimum atomic E-state index is -0.188. The summed E-state index contributed by atoms with van der Waals surface area (Å²) in [5.41, 5.74) is 9.91. The van der Waals surface area contributed by atoms with Gasteiger partial charge in [0.2, 0.25) is 0 Å². The molecule has 0 amide bonds. The Hall–Kier alpha value is -2.56. The Bertz CT molecular complexity index is 888. The summed E-state index contributed by atoms with van der Waals surface area (Å²) >= 11 is 0. The molecule has 168 valence electrons. The van der Waals surface area contributed by atoms with E-state index in [2.05, 4.69) is 41.6 Å². The normalized spacial score (nSPS) is 16.0. The van der Waals surface area contributed by atoms with E-state index in [1.165, 1.54) is 19.3 Å². The van der Waals surface area contributed by atoms with Crippen LogP contribution in [0, 0.1) is 12.7 Å². The van der Waals surface area contributed by atoms with Crippen LogP contribution in [0.15, 0.2) is 42.4 Å². The van der Waals surface area contributed by atoms with Crippen LogP contribution in [0.4, 0.5) is 21.6 Å². The molecule has 4 nitrogen and oxygen atoms in total. The molecule has 1 atom stereocenters. The van der Waals surface area contributed by atoms with Crippen LogP contribution in [0.1, 0.15) is 76.8 Å². The largest absolute Gasteiger partial charge is 0.384 e. The van der Waals surface area contributed by atoms with Crippen molar-refractivity contribution in [2.75, 3.05) is 15.5 Å². The number of benzene rings is 1. The number of anilines is 3. The van der Waals surface area contributed by atoms with Crippen molar-refractivity contribution < 1.29 is 4.39 Å². The zero-order chi connectivity index (χ0) is 22.4. The van der Waals surface area contributed by atoms with Gasteiger partial charge in [-0.25, -0.2) is 9.37 Å². The summed E-state index contributed by atoms with van der Waals surface area (Å²) in [5.74, 6) is 1.40. The number of para-hydroxylation sites is 1. The smallest absolute Gasteiger partial charge is 0.147 e. The maximum Gasteiger partial charge on any atom is 0.147 e. The molecule has 31 heavy (non-hydrogen) atoms. The average molecular weight is 425 g/mol. The Labute approximate surface area is 187 Å². The van der Waals surface area contributed by atoms with Crippen molar-refractivity contribution in [3.05, 3.63) is 59.3 Å². The standard InChI is InChI=1S/C26H37FN4/c1-5-8-9-14-21(11-6-2)31-23-16-24(28)29-17-20(23)18-30(25(31)12-7-3)26-19(4)13-10-15-22(26)27/h10,12-13,15-17,21H,5-9,11,14,18H2,1-4H3,(H2,28,29). The lowest BCUT2D eigenvalue weighted by Gasteiger charge is -2.46. The summed E-state index contributed by atoms with van der Waals surface area (Å²) in [6.07, 6.45) is 11.9. The van der Waals surface area contributed by atoms with Crippen LogP contribution in [0.2, 0.25) is 0 Å². The zero-order valence-corrected chi connectivity index (χ0v) is 19.5. The van der Waals surface area contributed by atoms with Gasteiger partial charge < -0.3 is 15.5 Å². The van der Waals surface area contributed by atoms with Gasteiger partial charge in [-0.15, -0.1) is 0 Å². The molecule has 3 rings (SSSR count). The Morgan fingerprint density at radius 3 is 2.65 bits per heavy atom. The number of aromatic nitrogens is 1. The molecule has 1 unspecified atom stereocenters. The van der Waals surface area contributed by atoms with E-state index >= 15 is 4.39 Å². The number of halogens is 1. The Balaban J connectivity index is 2.17. The molecule has 1 aliphatic heterocycles. The predicted octanol–water partition coefficient (Wildman–Crippen LogP) is 6.94. The molecule has 0 saturated carbocycles. The zero-order valence-electron chi connectivity index (χ0n) is 19.5. The van der Waals surface area contributed by atoms with Crippen LogP contribution in [-0.4, -0.2) is 11.0 Å². The molecule has 0 radical (unpaired) electrons. The third kappa shape index (κ3) is 5.03. The number of fused-ring (bicyclic) bond motifs is 1. The van der Waals surface area contributed by atoms with Gasteiger partial charge in [-0.2, -0.15) is 0 Å². The molecule has 1 aliphatic rings. The van der Waals surface area contributed by atoms with Crippen molar-refractivity contribution in [2.45, 2.75) is 85.2 Å². The number of nitrogens with zero attached hydrogens (tertiary/aromatic N) is 3. The van der Waals surface area contributed by atoms with E-state index in [1.807, 2.05) is 25.3 Å². The molecule has 2 aromatic rings. The number of nitrogen functional groups attached to an aromatic ring is 1. The van der Waals surface area contributed by atoms with Crippen LogP contribution in [0.25, 0.3) is 0 Å². The third-order valence-electron chi connectivity index (χ3n) is 6.07. The fourth-order valence-corrected chi connectivity index (χ4v) is 4.64. The van der Waals surface area contributed by atoms with Gasteiger partial charge in [0.1, 0.15) is 17.5 Å².